The molecule has 0 aliphatic carbocycles. The molecule has 1 aliphatic heterocycles. The molecule has 1 aromatic carbocycles. The average Bonchev–Trinajstić information content (AvgIpc) is 2.85. The molecular weight excluding hydrogens is 324 g/mol. The normalized spacial score (nSPS) is 16.6. The molecule has 1 atom stereocenters. The van der Waals surface area contributed by atoms with E-state index in [9.17, 15) is 4.79 Å². The maximum atomic E-state index is 13.1. The molecule has 122 valence electrons. The summed E-state index contributed by atoms with van der Waals surface area (Å²) in [5, 5.41) is 1.26. The van der Waals surface area contributed by atoms with Crippen molar-refractivity contribution in [1.82, 2.24) is 9.55 Å². The van der Waals surface area contributed by atoms with Gasteiger partial charge in [0.25, 0.3) is 5.56 Å². The van der Waals surface area contributed by atoms with Gasteiger partial charge in [0.2, 0.25) is 0 Å². The number of nitrogens with zero attached hydrogens (tertiary/aromatic N) is 2. The van der Waals surface area contributed by atoms with E-state index in [0.717, 1.165) is 40.0 Å². The fourth-order valence-electron chi connectivity index (χ4n) is 2.90. The van der Waals surface area contributed by atoms with Crippen molar-refractivity contribution in [3.05, 3.63) is 45.4 Å². The van der Waals surface area contributed by atoms with Crippen LogP contribution in [0.25, 0.3) is 5.69 Å². The first kappa shape index (κ1) is 16.7. The zero-order valence-corrected chi connectivity index (χ0v) is 15.7. The Balaban J connectivity index is 2.21. The van der Waals surface area contributed by atoms with Gasteiger partial charge in [-0.05, 0) is 43.5 Å². The van der Waals surface area contributed by atoms with Crippen LogP contribution in [0.3, 0.4) is 0 Å². The molecule has 1 aliphatic rings. The lowest BCUT2D eigenvalue weighted by atomic mass is 10.1. The molecule has 0 amide bonds. The minimum atomic E-state index is 0.0907. The molecule has 0 bridgehead atoms. The first-order valence-corrected chi connectivity index (χ1v) is 9.90. The molecule has 0 radical (unpaired) electrons. The van der Waals surface area contributed by atoms with Crippen LogP contribution < -0.4 is 5.56 Å². The van der Waals surface area contributed by atoms with Crippen molar-refractivity contribution in [1.29, 1.82) is 0 Å². The summed E-state index contributed by atoms with van der Waals surface area (Å²) in [6.45, 7) is 8.44. The van der Waals surface area contributed by atoms with Gasteiger partial charge in [-0.25, -0.2) is 4.98 Å². The van der Waals surface area contributed by atoms with E-state index in [1.807, 2.05) is 4.57 Å². The third kappa shape index (κ3) is 3.36. The predicted molar refractivity (Wildman–Crippen MR) is 99.3 cm³/mol. The summed E-state index contributed by atoms with van der Waals surface area (Å²) in [5.74, 6) is 0.971. The molecule has 5 heteroatoms. The smallest absolute Gasteiger partial charge is 0.268 e. The molecule has 23 heavy (non-hydrogen) atoms. The Bertz CT molecular complexity index is 778. The zero-order valence-electron chi connectivity index (χ0n) is 14.0. The average molecular weight is 347 g/mol. The highest BCUT2D eigenvalue weighted by Crippen LogP contribution is 2.35. The SMILES string of the molecule is CCCSc1nc2c(c(=O)n1-c1cc(C)cc(C)c1)SC(C)C2. The van der Waals surface area contributed by atoms with Crippen LogP contribution in [0, 0.1) is 13.8 Å². The van der Waals surface area contributed by atoms with Gasteiger partial charge in [-0.1, -0.05) is 31.7 Å². The minimum absolute atomic E-state index is 0.0907. The van der Waals surface area contributed by atoms with Gasteiger partial charge in [0.15, 0.2) is 5.16 Å². The summed E-state index contributed by atoms with van der Waals surface area (Å²) in [6.07, 6.45) is 1.96. The van der Waals surface area contributed by atoms with Crippen molar-refractivity contribution >= 4 is 23.5 Å². The first-order chi connectivity index (χ1) is 11.0. The van der Waals surface area contributed by atoms with Crippen LogP contribution in [-0.2, 0) is 6.42 Å². The van der Waals surface area contributed by atoms with Crippen LogP contribution in [-0.4, -0.2) is 20.6 Å². The van der Waals surface area contributed by atoms with E-state index in [0.29, 0.717) is 5.25 Å². The molecule has 0 fully saturated rings. The Labute approximate surface area is 145 Å². The molecule has 1 aromatic heterocycles. The van der Waals surface area contributed by atoms with Gasteiger partial charge in [-0.2, -0.15) is 0 Å². The van der Waals surface area contributed by atoms with Crippen molar-refractivity contribution in [3.8, 4) is 5.69 Å². The van der Waals surface area contributed by atoms with Gasteiger partial charge in [-0.3, -0.25) is 9.36 Å². The van der Waals surface area contributed by atoms with E-state index in [-0.39, 0.29) is 5.56 Å². The maximum Gasteiger partial charge on any atom is 0.272 e. The van der Waals surface area contributed by atoms with Crippen molar-refractivity contribution in [2.24, 2.45) is 0 Å². The van der Waals surface area contributed by atoms with Crippen molar-refractivity contribution in [3.63, 3.8) is 0 Å². The summed E-state index contributed by atoms with van der Waals surface area (Å²) in [4.78, 5) is 18.8. The van der Waals surface area contributed by atoms with E-state index in [4.69, 9.17) is 4.98 Å². The predicted octanol–water partition coefficient (Wildman–Crippen LogP) is 4.39. The van der Waals surface area contributed by atoms with Crippen LogP contribution in [0.1, 0.15) is 37.1 Å². The lowest BCUT2D eigenvalue weighted by molar-refractivity contribution is 0.730. The highest BCUT2D eigenvalue weighted by molar-refractivity contribution is 8.00. The van der Waals surface area contributed by atoms with Crippen LogP contribution >= 0.6 is 23.5 Å². The summed E-state index contributed by atoms with van der Waals surface area (Å²) in [5.41, 5.74) is 4.33. The third-order valence-corrected chi connectivity index (χ3v) is 6.14. The molecule has 0 N–H and O–H groups in total. The molecule has 0 saturated carbocycles. The lowest BCUT2D eigenvalue weighted by Gasteiger charge is -2.14. The number of fused-ring (bicyclic) bond motifs is 1. The number of hydrogen-bond acceptors (Lipinski definition) is 4. The fraction of sp³-hybridized carbons (Fsp3) is 0.444. The molecule has 2 aromatic rings. The minimum Gasteiger partial charge on any atom is -0.268 e. The van der Waals surface area contributed by atoms with E-state index < -0.39 is 0 Å². The summed E-state index contributed by atoms with van der Waals surface area (Å²) in [7, 11) is 0. The molecular formula is C18H22N2OS2. The molecule has 3 rings (SSSR count). The molecule has 0 saturated heterocycles. The van der Waals surface area contributed by atoms with Gasteiger partial charge in [0, 0.05) is 17.4 Å². The number of rotatable bonds is 4. The summed E-state index contributed by atoms with van der Waals surface area (Å²) >= 11 is 3.34. The number of thioether (sulfide) groups is 2. The van der Waals surface area contributed by atoms with Crippen molar-refractivity contribution in [2.45, 2.75) is 55.8 Å². The number of aryl methyl sites for hydroxylation is 2. The summed E-state index contributed by atoms with van der Waals surface area (Å²) < 4.78 is 1.81. The molecule has 0 spiro atoms. The second-order valence-corrected chi connectivity index (χ2v) is 8.65. The topological polar surface area (TPSA) is 34.9 Å². The van der Waals surface area contributed by atoms with E-state index in [1.165, 1.54) is 11.1 Å². The first-order valence-electron chi connectivity index (χ1n) is 8.03. The zero-order chi connectivity index (χ0) is 16.6. The highest BCUT2D eigenvalue weighted by atomic mass is 32.2. The van der Waals surface area contributed by atoms with Gasteiger partial charge in [0.05, 0.1) is 16.3 Å². The quantitative estimate of drug-likeness (QED) is 0.607. The van der Waals surface area contributed by atoms with Crippen LogP contribution in [0.2, 0.25) is 0 Å². The van der Waals surface area contributed by atoms with Crippen LogP contribution in [0.15, 0.2) is 33.0 Å². The Morgan fingerprint density at radius 3 is 2.65 bits per heavy atom. The van der Waals surface area contributed by atoms with Gasteiger partial charge in [-0.15, -0.1) is 11.8 Å². The second-order valence-electron chi connectivity index (χ2n) is 6.14. The monoisotopic (exact) mass is 346 g/mol. The van der Waals surface area contributed by atoms with E-state index >= 15 is 0 Å². The van der Waals surface area contributed by atoms with Gasteiger partial charge < -0.3 is 0 Å². The Morgan fingerprint density at radius 1 is 1.30 bits per heavy atom. The Hall–Kier alpha value is -1.20. The maximum absolute atomic E-state index is 13.1. The molecule has 2 heterocycles. The number of hydrogen-bond donors (Lipinski definition) is 0. The largest absolute Gasteiger partial charge is 0.272 e. The van der Waals surface area contributed by atoms with Gasteiger partial charge >= 0.3 is 0 Å². The molecule has 1 unspecified atom stereocenters. The van der Waals surface area contributed by atoms with Crippen LogP contribution in [0.5, 0.6) is 0 Å². The third-order valence-electron chi connectivity index (χ3n) is 3.78. The Kier molecular flexibility index (Phi) is 4.87. The van der Waals surface area contributed by atoms with Gasteiger partial charge in [0.1, 0.15) is 0 Å². The fourth-order valence-corrected chi connectivity index (χ4v) is 4.88. The Morgan fingerprint density at radius 2 is 2.00 bits per heavy atom. The van der Waals surface area contributed by atoms with Crippen LogP contribution in [0.4, 0.5) is 0 Å². The highest BCUT2D eigenvalue weighted by Gasteiger charge is 2.26. The summed E-state index contributed by atoms with van der Waals surface area (Å²) in [6, 6.07) is 6.27. The lowest BCUT2D eigenvalue weighted by Crippen LogP contribution is -2.24. The standard InChI is InChI=1S/C18H22N2OS2/c1-5-6-22-18-19-15-10-13(4)23-16(15)17(21)20(18)14-8-11(2)7-12(3)9-14/h7-9,13H,5-6,10H2,1-4H3. The van der Waals surface area contributed by atoms with E-state index in [2.05, 4.69) is 45.9 Å². The second kappa shape index (κ2) is 6.73. The number of aromatic nitrogens is 2. The van der Waals surface area contributed by atoms with Crippen molar-refractivity contribution < 1.29 is 0 Å². The van der Waals surface area contributed by atoms with Crippen molar-refractivity contribution in [2.75, 3.05) is 5.75 Å². The molecule has 3 nitrogen and oxygen atoms in total. The van der Waals surface area contributed by atoms with E-state index in [1.54, 1.807) is 23.5 Å². The number of benzene rings is 1.